The number of benzene rings is 2. The van der Waals surface area contributed by atoms with Gasteiger partial charge in [0.15, 0.2) is 6.61 Å². The van der Waals surface area contributed by atoms with Crippen molar-refractivity contribution >= 4 is 46.7 Å². The average molecular weight is 600 g/mol. The van der Waals surface area contributed by atoms with Crippen LogP contribution in [0, 0.1) is 11.8 Å². The van der Waals surface area contributed by atoms with Crippen molar-refractivity contribution in [2.24, 2.45) is 11.8 Å². The molecule has 8 nitrogen and oxygen atoms in total. The number of carbonyl (C=O) groups excluding carboxylic acids is 4. The van der Waals surface area contributed by atoms with Gasteiger partial charge in [0.1, 0.15) is 11.8 Å². The number of halogens is 4. The molecule has 2 aromatic carbocycles. The van der Waals surface area contributed by atoms with Crippen LogP contribution in [0.15, 0.2) is 48.5 Å². The summed E-state index contributed by atoms with van der Waals surface area (Å²) in [6.45, 7) is 5.80. The van der Waals surface area contributed by atoms with E-state index >= 15 is 0 Å². The summed E-state index contributed by atoms with van der Waals surface area (Å²) in [7, 11) is 0. The first-order valence-electron chi connectivity index (χ1n) is 12.6. The molecule has 0 bridgehead atoms. The highest BCUT2D eigenvalue weighted by Crippen LogP contribution is 2.24. The summed E-state index contributed by atoms with van der Waals surface area (Å²) in [5.74, 6) is -10.1. The molecule has 0 spiro atoms. The van der Waals surface area contributed by atoms with E-state index in [0.717, 1.165) is 0 Å². The standard InChI is InChI=1S/C28H33Cl2F2N3O5/c1-16(2)14-33-27(39)28(31,32)25(37)24(17(3)4)35-26(38)22(10-18-8-6-5-7-9-18)34-23(36)15-40-21-12-19(29)11-20(30)13-21/h5-9,11-13,16-17,22,24H,10,14-15H2,1-4H3,(H,33,39)(H,34,36)(H,35,38). The number of ether oxygens (including phenoxy) is 1. The topological polar surface area (TPSA) is 114 Å². The predicted octanol–water partition coefficient (Wildman–Crippen LogP) is 4.22. The van der Waals surface area contributed by atoms with Crippen molar-refractivity contribution in [1.82, 2.24) is 16.0 Å². The van der Waals surface area contributed by atoms with E-state index < -0.39 is 54.0 Å². The van der Waals surface area contributed by atoms with Crippen LogP contribution in [-0.2, 0) is 25.6 Å². The minimum atomic E-state index is -4.37. The normalized spacial score (nSPS) is 12.9. The fourth-order valence-corrected chi connectivity index (χ4v) is 4.07. The van der Waals surface area contributed by atoms with Crippen LogP contribution in [0.25, 0.3) is 0 Å². The zero-order valence-electron chi connectivity index (χ0n) is 22.6. The Morgan fingerprint density at radius 2 is 1.52 bits per heavy atom. The Bertz CT molecular complexity index is 1180. The smallest absolute Gasteiger partial charge is 0.383 e. The van der Waals surface area contributed by atoms with Crippen LogP contribution in [0.2, 0.25) is 10.0 Å². The van der Waals surface area contributed by atoms with E-state index in [0.29, 0.717) is 15.6 Å². The SMILES string of the molecule is CC(C)CNC(=O)C(F)(F)C(=O)C(NC(=O)C(Cc1ccccc1)NC(=O)COc1cc(Cl)cc(Cl)c1)C(C)C. The summed E-state index contributed by atoms with van der Waals surface area (Å²) in [5, 5.41) is 7.49. The zero-order chi connectivity index (χ0) is 30.0. The van der Waals surface area contributed by atoms with Crippen LogP contribution in [0.3, 0.4) is 0 Å². The number of carbonyl (C=O) groups is 4. The molecule has 2 rings (SSSR count). The van der Waals surface area contributed by atoms with Crippen molar-refractivity contribution in [2.75, 3.05) is 13.2 Å². The maximum Gasteiger partial charge on any atom is 0.383 e. The molecule has 3 N–H and O–H groups in total. The van der Waals surface area contributed by atoms with E-state index in [1.54, 1.807) is 44.2 Å². The van der Waals surface area contributed by atoms with Crippen LogP contribution in [0.1, 0.15) is 33.3 Å². The third kappa shape index (κ3) is 10.1. The van der Waals surface area contributed by atoms with E-state index in [9.17, 15) is 28.0 Å². The van der Waals surface area contributed by atoms with Gasteiger partial charge in [-0.3, -0.25) is 19.2 Å². The molecule has 0 saturated carbocycles. The molecule has 0 saturated heterocycles. The van der Waals surface area contributed by atoms with Crippen molar-refractivity contribution in [3.05, 3.63) is 64.1 Å². The van der Waals surface area contributed by atoms with Gasteiger partial charge in [-0.25, -0.2) is 0 Å². The first-order valence-corrected chi connectivity index (χ1v) is 13.4. The molecule has 2 atom stereocenters. The summed E-state index contributed by atoms with van der Waals surface area (Å²) < 4.78 is 35.0. The number of Topliss-reactive ketones (excluding diaryl/α,β-unsaturated/α-hetero) is 1. The van der Waals surface area contributed by atoms with Crippen molar-refractivity contribution in [3.63, 3.8) is 0 Å². The van der Waals surface area contributed by atoms with E-state index in [4.69, 9.17) is 27.9 Å². The fourth-order valence-electron chi connectivity index (χ4n) is 3.56. The van der Waals surface area contributed by atoms with Gasteiger partial charge in [0.05, 0.1) is 6.04 Å². The van der Waals surface area contributed by atoms with Gasteiger partial charge in [0.25, 0.3) is 11.8 Å². The van der Waals surface area contributed by atoms with Crippen LogP contribution in [0.4, 0.5) is 8.78 Å². The summed E-state index contributed by atoms with van der Waals surface area (Å²) in [6.07, 6.45) is -0.00825. The van der Waals surface area contributed by atoms with Gasteiger partial charge in [-0.2, -0.15) is 8.78 Å². The number of amides is 3. The number of nitrogens with one attached hydrogen (secondary N) is 3. The lowest BCUT2D eigenvalue weighted by Gasteiger charge is -2.27. The molecule has 2 aromatic rings. The van der Waals surface area contributed by atoms with Gasteiger partial charge < -0.3 is 20.7 Å². The van der Waals surface area contributed by atoms with Crippen LogP contribution < -0.4 is 20.7 Å². The maximum atomic E-state index is 14.8. The number of hydrogen-bond donors (Lipinski definition) is 3. The molecule has 218 valence electrons. The lowest BCUT2D eigenvalue weighted by molar-refractivity contribution is -0.161. The van der Waals surface area contributed by atoms with Gasteiger partial charge in [-0.1, -0.05) is 81.2 Å². The minimum absolute atomic E-state index is 0.00825. The predicted molar refractivity (Wildman–Crippen MR) is 149 cm³/mol. The molecule has 0 aromatic heterocycles. The maximum absolute atomic E-state index is 14.8. The van der Waals surface area contributed by atoms with Crippen molar-refractivity contribution in [2.45, 2.75) is 52.1 Å². The fraction of sp³-hybridized carbons (Fsp3) is 0.429. The number of hydrogen-bond acceptors (Lipinski definition) is 5. The Morgan fingerprint density at radius 1 is 0.925 bits per heavy atom. The molecule has 40 heavy (non-hydrogen) atoms. The van der Waals surface area contributed by atoms with E-state index in [1.165, 1.54) is 32.0 Å². The first-order chi connectivity index (χ1) is 18.7. The van der Waals surface area contributed by atoms with Crippen molar-refractivity contribution < 1.29 is 32.7 Å². The third-order valence-electron chi connectivity index (χ3n) is 5.65. The molecule has 0 aliphatic rings. The second-order valence-corrected chi connectivity index (χ2v) is 10.8. The molecule has 0 radical (unpaired) electrons. The Hall–Kier alpha value is -3.24. The molecule has 12 heteroatoms. The van der Waals surface area contributed by atoms with Crippen LogP contribution in [0.5, 0.6) is 5.75 Å². The average Bonchev–Trinajstić information content (AvgIpc) is 2.88. The molecular weight excluding hydrogens is 567 g/mol. The van der Waals surface area contributed by atoms with Gasteiger partial charge in [-0.15, -0.1) is 0 Å². The Balaban J connectivity index is 2.19. The largest absolute Gasteiger partial charge is 0.484 e. The summed E-state index contributed by atoms with van der Waals surface area (Å²) in [6, 6.07) is 10.1. The molecule has 0 aliphatic carbocycles. The van der Waals surface area contributed by atoms with Gasteiger partial charge >= 0.3 is 5.92 Å². The monoisotopic (exact) mass is 599 g/mol. The zero-order valence-corrected chi connectivity index (χ0v) is 24.1. The van der Waals surface area contributed by atoms with Crippen molar-refractivity contribution in [1.29, 1.82) is 0 Å². The summed E-state index contributed by atoms with van der Waals surface area (Å²) in [4.78, 5) is 50.9. The van der Waals surface area contributed by atoms with Crippen LogP contribution in [-0.4, -0.2) is 54.7 Å². The van der Waals surface area contributed by atoms with E-state index in [1.807, 2.05) is 0 Å². The Morgan fingerprint density at radius 3 is 2.08 bits per heavy atom. The van der Waals surface area contributed by atoms with E-state index in [2.05, 4.69) is 16.0 Å². The minimum Gasteiger partial charge on any atom is -0.484 e. The lowest BCUT2D eigenvalue weighted by atomic mass is 9.94. The third-order valence-corrected chi connectivity index (χ3v) is 6.09. The second kappa shape index (κ2) is 14.9. The number of rotatable bonds is 14. The van der Waals surface area contributed by atoms with Crippen LogP contribution >= 0.6 is 23.2 Å². The number of alkyl halides is 2. The Kier molecular flexibility index (Phi) is 12.3. The molecule has 2 unspecified atom stereocenters. The van der Waals surface area contributed by atoms with Crippen molar-refractivity contribution in [3.8, 4) is 5.75 Å². The summed E-state index contributed by atoms with van der Waals surface area (Å²) in [5.41, 5.74) is 0.663. The van der Waals surface area contributed by atoms with Gasteiger partial charge in [0, 0.05) is 23.0 Å². The lowest BCUT2D eigenvalue weighted by Crippen LogP contribution is -2.59. The highest BCUT2D eigenvalue weighted by molar-refractivity contribution is 6.34. The quantitative estimate of drug-likeness (QED) is 0.281. The highest BCUT2D eigenvalue weighted by atomic mass is 35.5. The molecular formula is C28H33Cl2F2N3O5. The Labute approximate surface area is 242 Å². The number of ketones is 1. The second-order valence-electron chi connectivity index (χ2n) is 9.98. The molecule has 0 heterocycles. The van der Waals surface area contributed by atoms with E-state index in [-0.39, 0.29) is 24.6 Å². The van der Waals surface area contributed by atoms with Gasteiger partial charge in [0.2, 0.25) is 11.7 Å². The molecule has 0 aliphatic heterocycles. The molecule has 0 fully saturated rings. The molecule has 3 amide bonds. The highest BCUT2D eigenvalue weighted by Gasteiger charge is 2.51. The first kappa shape index (κ1) is 33.0. The summed E-state index contributed by atoms with van der Waals surface area (Å²) >= 11 is 11.9. The van der Waals surface area contributed by atoms with Gasteiger partial charge in [-0.05, 0) is 35.6 Å².